The van der Waals surface area contributed by atoms with Gasteiger partial charge in [0.05, 0.1) is 11.8 Å². The first kappa shape index (κ1) is 14.3. The highest BCUT2D eigenvalue weighted by Crippen LogP contribution is 2.28. The molecule has 1 aromatic rings. The highest BCUT2D eigenvalue weighted by molar-refractivity contribution is 7.13. The number of aromatic nitrogens is 1. The zero-order chi connectivity index (χ0) is 14.0. The Morgan fingerprint density at radius 2 is 2.37 bits per heavy atom. The van der Waals surface area contributed by atoms with Crippen molar-refractivity contribution in [3.05, 3.63) is 11.1 Å². The van der Waals surface area contributed by atoms with Crippen LogP contribution in [-0.4, -0.2) is 34.8 Å². The molecule has 1 aliphatic heterocycles. The standard InChI is InChI=1S/C13H20N2O3S/c1-8-6-9(4-5-18-8)14-12-15-10(7-19-12)13(2,3)11(16)17/h7-9H,4-6H2,1-3H3,(H,14,15)(H,16,17). The molecule has 0 amide bonds. The zero-order valence-electron chi connectivity index (χ0n) is 11.5. The first-order chi connectivity index (χ1) is 8.89. The minimum atomic E-state index is -0.945. The van der Waals surface area contributed by atoms with Gasteiger partial charge >= 0.3 is 5.97 Å². The first-order valence-corrected chi connectivity index (χ1v) is 7.35. The van der Waals surface area contributed by atoms with Gasteiger partial charge in [-0.2, -0.15) is 0 Å². The predicted octanol–water partition coefficient (Wildman–Crippen LogP) is 2.48. The van der Waals surface area contributed by atoms with Gasteiger partial charge in [-0.05, 0) is 33.6 Å². The van der Waals surface area contributed by atoms with Gasteiger partial charge in [0.2, 0.25) is 0 Å². The Bertz CT molecular complexity index is 458. The molecular weight excluding hydrogens is 264 g/mol. The molecule has 0 bridgehead atoms. The molecule has 1 saturated heterocycles. The van der Waals surface area contributed by atoms with Crippen LogP contribution in [0, 0.1) is 0 Å². The summed E-state index contributed by atoms with van der Waals surface area (Å²) in [5.41, 5.74) is -0.341. The number of thiazole rings is 1. The van der Waals surface area contributed by atoms with E-state index in [0.717, 1.165) is 24.6 Å². The summed E-state index contributed by atoms with van der Waals surface area (Å²) in [5.74, 6) is -0.857. The molecule has 0 aromatic carbocycles. The van der Waals surface area contributed by atoms with E-state index >= 15 is 0 Å². The Morgan fingerprint density at radius 1 is 1.63 bits per heavy atom. The Hall–Kier alpha value is -1.14. The highest BCUT2D eigenvalue weighted by Gasteiger charge is 2.32. The van der Waals surface area contributed by atoms with Gasteiger partial charge in [0.15, 0.2) is 5.13 Å². The summed E-state index contributed by atoms with van der Waals surface area (Å²) in [7, 11) is 0. The smallest absolute Gasteiger partial charge is 0.315 e. The normalized spacial score (nSPS) is 24.2. The number of aliphatic carboxylic acids is 1. The van der Waals surface area contributed by atoms with Gasteiger partial charge in [0.25, 0.3) is 0 Å². The summed E-state index contributed by atoms with van der Waals surface area (Å²) in [6.07, 6.45) is 2.18. The highest BCUT2D eigenvalue weighted by atomic mass is 32.1. The second kappa shape index (κ2) is 5.46. The van der Waals surface area contributed by atoms with Crippen LogP contribution in [0.1, 0.15) is 39.3 Å². The van der Waals surface area contributed by atoms with Crippen molar-refractivity contribution in [3.63, 3.8) is 0 Å². The van der Waals surface area contributed by atoms with Crippen molar-refractivity contribution in [2.45, 2.75) is 51.2 Å². The molecule has 0 radical (unpaired) electrons. The molecule has 1 fully saturated rings. The van der Waals surface area contributed by atoms with E-state index in [2.05, 4.69) is 17.2 Å². The molecule has 2 rings (SSSR count). The van der Waals surface area contributed by atoms with Crippen LogP contribution >= 0.6 is 11.3 Å². The van der Waals surface area contributed by atoms with Gasteiger partial charge in [-0.25, -0.2) is 4.98 Å². The third kappa shape index (κ3) is 3.25. The average molecular weight is 284 g/mol. The molecule has 19 heavy (non-hydrogen) atoms. The van der Waals surface area contributed by atoms with Crippen LogP contribution in [0.3, 0.4) is 0 Å². The Balaban J connectivity index is 2.03. The average Bonchev–Trinajstić information content (AvgIpc) is 2.78. The maximum atomic E-state index is 11.2. The number of nitrogens with one attached hydrogen (secondary N) is 1. The second-order valence-electron chi connectivity index (χ2n) is 5.52. The van der Waals surface area contributed by atoms with Crippen LogP contribution < -0.4 is 5.32 Å². The zero-order valence-corrected chi connectivity index (χ0v) is 12.3. The van der Waals surface area contributed by atoms with Crippen molar-refractivity contribution in [2.75, 3.05) is 11.9 Å². The van der Waals surface area contributed by atoms with Crippen molar-refractivity contribution in [1.82, 2.24) is 4.98 Å². The minimum absolute atomic E-state index is 0.265. The molecular formula is C13H20N2O3S. The van der Waals surface area contributed by atoms with E-state index in [0.29, 0.717) is 11.7 Å². The van der Waals surface area contributed by atoms with Gasteiger partial charge in [0, 0.05) is 18.0 Å². The maximum absolute atomic E-state index is 11.2. The van der Waals surface area contributed by atoms with Crippen LogP contribution in [0.2, 0.25) is 0 Å². The molecule has 2 unspecified atom stereocenters. The number of anilines is 1. The molecule has 0 spiro atoms. The lowest BCUT2D eigenvalue weighted by atomic mass is 9.90. The number of carboxylic acid groups (broad SMARTS) is 1. The van der Waals surface area contributed by atoms with Gasteiger partial charge in [-0.3, -0.25) is 4.79 Å². The number of hydrogen-bond donors (Lipinski definition) is 2. The first-order valence-electron chi connectivity index (χ1n) is 6.47. The Kier molecular flexibility index (Phi) is 4.10. The van der Waals surface area contributed by atoms with Crippen LogP contribution in [0.5, 0.6) is 0 Å². The van der Waals surface area contributed by atoms with E-state index < -0.39 is 11.4 Å². The lowest BCUT2D eigenvalue weighted by molar-refractivity contribution is -0.142. The summed E-state index contributed by atoms with van der Waals surface area (Å²) >= 11 is 1.46. The predicted molar refractivity (Wildman–Crippen MR) is 74.8 cm³/mol. The number of nitrogens with zero attached hydrogens (tertiary/aromatic N) is 1. The van der Waals surface area contributed by atoms with E-state index in [-0.39, 0.29) is 6.10 Å². The monoisotopic (exact) mass is 284 g/mol. The van der Waals surface area contributed by atoms with Gasteiger partial charge < -0.3 is 15.2 Å². The van der Waals surface area contributed by atoms with Crippen molar-refractivity contribution in [2.24, 2.45) is 0 Å². The van der Waals surface area contributed by atoms with Crippen LogP contribution in [0.4, 0.5) is 5.13 Å². The van der Waals surface area contributed by atoms with Gasteiger partial charge in [0.1, 0.15) is 5.41 Å². The lowest BCUT2D eigenvalue weighted by Crippen LogP contribution is -2.32. The van der Waals surface area contributed by atoms with E-state index in [9.17, 15) is 9.90 Å². The molecule has 6 heteroatoms. The summed E-state index contributed by atoms with van der Waals surface area (Å²) in [4.78, 5) is 15.6. The number of carbonyl (C=O) groups is 1. The van der Waals surface area contributed by atoms with E-state index in [1.807, 2.05) is 5.38 Å². The lowest BCUT2D eigenvalue weighted by Gasteiger charge is -2.27. The summed E-state index contributed by atoms with van der Waals surface area (Å²) in [6, 6.07) is 0.357. The molecule has 0 saturated carbocycles. The molecule has 1 aromatic heterocycles. The van der Waals surface area contributed by atoms with Crippen LogP contribution in [0.15, 0.2) is 5.38 Å². The molecule has 2 N–H and O–H groups in total. The molecule has 2 atom stereocenters. The summed E-state index contributed by atoms with van der Waals surface area (Å²) in [5, 5.41) is 15.2. The SMILES string of the molecule is CC1CC(Nc2nc(C(C)(C)C(=O)O)cs2)CCO1. The fourth-order valence-corrected chi connectivity index (χ4v) is 3.00. The van der Waals surface area contributed by atoms with Gasteiger partial charge in [-0.1, -0.05) is 0 Å². The number of carboxylic acids is 1. The van der Waals surface area contributed by atoms with Crippen molar-refractivity contribution in [3.8, 4) is 0 Å². The van der Waals surface area contributed by atoms with E-state index in [1.165, 1.54) is 11.3 Å². The third-order valence-corrected chi connectivity index (χ3v) is 4.27. The van der Waals surface area contributed by atoms with Crippen molar-refractivity contribution >= 4 is 22.4 Å². The largest absolute Gasteiger partial charge is 0.481 e. The van der Waals surface area contributed by atoms with Crippen LogP contribution in [0.25, 0.3) is 0 Å². The maximum Gasteiger partial charge on any atom is 0.315 e. The van der Waals surface area contributed by atoms with E-state index in [4.69, 9.17) is 4.74 Å². The number of hydrogen-bond acceptors (Lipinski definition) is 5. The summed E-state index contributed by atoms with van der Waals surface area (Å²) < 4.78 is 5.50. The quantitative estimate of drug-likeness (QED) is 0.888. The van der Waals surface area contributed by atoms with Crippen molar-refractivity contribution < 1.29 is 14.6 Å². The second-order valence-corrected chi connectivity index (χ2v) is 6.37. The third-order valence-electron chi connectivity index (χ3n) is 3.49. The Morgan fingerprint density at radius 3 is 3.00 bits per heavy atom. The molecule has 5 nitrogen and oxygen atoms in total. The molecule has 0 aliphatic carbocycles. The fourth-order valence-electron chi connectivity index (χ4n) is 2.04. The van der Waals surface area contributed by atoms with Crippen LogP contribution in [-0.2, 0) is 14.9 Å². The fraction of sp³-hybridized carbons (Fsp3) is 0.692. The molecule has 1 aliphatic rings. The van der Waals surface area contributed by atoms with Gasteiger partial charge in [-0.15, -0.1) is 11.3 Å². The number of ether oxygens (including phenoxy) is 1. The Labute approximate surface area is 117 Å². The molecule has 2 heterocycles. The number of rotatable bonds is 4. The minimum Gasteiger partial charge on any atom is -0.481 e. The van der Waals surface area contributed by atoms with E-state index in [1.54, 1.807) is 13.8 Å². The molecule has 106 valence electrons. The summed E-state index contributed by atoms with van der Waals surface area (Å²) in [6.45, 7) is 6.17. The van der Waals surface area contributed by atoms with Crippen molar-refractivity contribution in [1.29, 1.82) is 0 Å². The topological polar surface area (TPSA) is 71.5 Å².